The monoisotopic (exact) mass is 457 g/mol. The van der Waals surface area contributed by atoms with Crippen molar-refractivity contribution in [2.45, 2.75) is 0 Å². The lowest BCUT2D eigenvalue weighted by Crippen LogP contribution is -2.33. The second kappa shape index (κ2) is 9.03. The van der Waals surface area contributed by atoms with E-state index in [4.69, 9.17) is 4.74 Å². The normalized spacial score (nSPS) is 15.2. The Morgan fingerprint density at radius 3 is 2.57 bits per heavy atom. The van der Waals surface area contributed by atoms with Crippen LogP contribution in [0.3, 0.4) is 0 Å². The third-order valence-electron chi connectivity index (χ3n) is 3.90. The zero-order valence-electron chi connectivity index (χ0n) is 14.8. The van der Waals surface area contributed by atoms with Gasteiger partial charge in [-0.05, 0) is 36.0 Å². The van der Waals surface area contributed by atoms with Crippen molar-refractivity contribution in [1.29, 1.82) is 0 Å². The number of ether oxygens (including phenoxy) is 1. The molecular weight excluding hydrogens is 442 g/mol. The van der Waals surface area contributed by atoms with Crippen LogP contribution in [0.25, 0.3) is 6.08 Å². The Bertz CT molecular complexity index is 969. The Hall–Kier alpha value is -2.64. The summed E-state index contributed by atoms with van der Waals surface area (Å²) in [6.07, 6.45) is 3.23. The zero-order valence-corrected chi connectivity index (χ0v) is 17.2. The standard InChI is InChI=1S/C21H16BrNO4S/c1-2-11-27-18-6-4-3-5-15(18)12-19-20(25)23(21(26)28-19)13-17(24)14-7-9-16(22)10-8-14/h2-10,12H,1,11,13H2/b19-12-. The third kappa shape index (κ3) is 4.61. The van der Waals surface area contributed by atoms with Crippen molar-refractivity contribution in [3.05, 3.63) is 81.7 Å². The number of carbonyl (C=O) groups excluding carboxylic acids is 3. The van der Waals surface area contributed by atoms with Crippen molar-refractivity contribution in [1.82, 2.24) is 4.90 Å². The molecule has 0 atom stereocenters. The van der Waals surface area contributed by atoms with Crippen LogP contribution in [0, 0.1) is 0 Å². The lowest BCUT2D eigenvalue weighted by molar-refractivity contribution is -0.122. The molecule has 0 spiro atoms. The minimum absolute atomic E-state index is 0.253. The van der Waals surface area contributed by atoms with Gasteiger partial charge in [0.15, 0.2) is 5.78 Å². The maximum atomic E-state index is 12.7. The van der Waals surface area contributed by atoms with Crippen molar-refractivity contribution in [2.24, 2.45) is 0 Å². The second-order valence-electron chi connectivity index (χ2n) is 5.84. The minimum atomic E-state index is -0.487. The predicted molar refractivity (Wildman–Crippen MR) is 113 cm³/mol. The number of amides is 2. The molecule has 0 aromatic heterocycles. The summed E-state index contributed by atoms with van der Waals surface area (Å²) in [4.78, 5) is 38.6. The molecular formula is C21H16BrNO4S. The van der Waals surface area contributed by atoms with Gasteiger partial charge in [-0.3, -0.25) is 19.3 Å². The summed E-state index contributed by atoms with van der Waals surface area (Å²) in [5.41, 5.74) is 1.11. The molecule has 2 aromatic carbocycles. The van der Waals surface area contributed by atoms with E-state index in [-0.39, 0.29) is 17.2 Å². The Kier molecular flexibility index (Phi) is 6.49. The lowest BCUT2D eigenvalue weighted by Gasteiger charge is -2.11. The summed E-state index contributed by atoms with van der Waals surface area (Å²) in [7, 11) is 0. The first kappa shape index (κ1) is 20.1. The van der Waals surface area contributed by atoms with Crippen molar-refractivity contribution in [3.63, 3.8) is 0 Å². The number of nitrogens with zero attached hydrogens (tertiary/aromatic N) is 1. The van der Waals surface area contributed by atoms with E-state index in [2.05, 4.69) is 22.5 Å². The Balaban J connectivity index is 1.78. The van der Waals surface area contributed by atoms with Gasteiger partial charge in [-0.15, -0.1) is 0 Å². The molecule has 0 saturated carbocycles. The van der Waals surface area contributed by atoms with Gasteiger partial charge in [-0.25, -0.2) is 0 Å². The van der Waals surface area contributed by atoms with Gasteiger partial charge in [-0.1, -0.05) is 58.9 Å². The maximum Gasteiger partial charge on any atom is 0.293 e. The average Bonchev–Trinajstić information content (AvgIpc) is 2.95. The van der Waals surface area contributed by atoms with Crippen molar-refractivity contribution in [3.8, 4) is 5.75 Å². The van der Waals surface area contributed by atoms with Gasteiger partial charge in [0, 0.05) is 15.6 Å². The molecule has 7 heteroatoms. The van der Waals surface area contributed by atoms with Gasteiger partial charge in [-0.2, -0.15) is 0 Å². The lowest BCUT2D eigenvalue weighted by atomic mass is 10.1. The maximum absolute atomic E-state index is 12.7. The van der Waals surface area contributed by atoms with Gasteiger partial charge >= 0.3 is 0 Å². The van der Waals surface area contributed by atoms with Crippen LogP contribution in [0.15, 0.2) is 70.6 Å². The number of rotatable bonds is 7. The number of halogens is 1. The molecule has 142 valence electrons. The van der Waals surface area contributed by atoms with E-state index < -0.39 is 11.1 Å². The molecule has 0 N–H and O–H groups in total. The fourth-order valence-corrected chi connectivity index (χ4v) is 3.62. The van der Waals surface area contributed by atoms with Crippen molar-refractivity contribution < 1.29 is 19.1 Å². The largest absolute Gasteiger partial charge is 0.489 e. The Labute approximate surface area is 175 Å². The summed E-state index contributed by atoms with van der Waals surface area (Å²) >= 11 is 4.12. The van der Waals surface area contributed by atoms with Crippen molar-refractivity contribution >= 4 is 50.7 Å². The molecule has 1 heterocycles. The van der Waals surface area contributed by atoms with Gasteiger partial charge < -0.3 is 4.74 Å². The highest BCUT2D eigenvalue weighted by atomic mass is 79.9. The molecule has 0 aliphatic carbocycles. The third-order valence-corrected chi connectivity index (χ3v) is 5.34. The van der Waals surface area contributed by atoms with Crippen LogP contribution < -0.4 is 4.74 Å². The fourth-order valence-electron chi connectivity index (χ4n) is 2.53. The summed E-state index contributed by atoms with van der Waals surface area (Å²) < 4.78 is 6.42. The highest BCUT2D eigenvalue weighted by Gasteiger charge is 2.36. The molecule has 0 bridgehead atoms. The summed E-state index contributed by atoms with van der Waals surface area (Å²) in [6.45, 7) is 3.65. The topological polar surface area (TPSA) is 63.7 Å². The van der Waals surface area contributed by atoms with E-state index in [0.717, 1.165) is 21.1 Å². The van der Waals surface area contributed by atoms with E-state index in [9.17, 15) is 14.4 Å². The first-order valence-electron chi connectivity index (χ1n) is 8.36. The number of thioether (sulfide) groups is 1. The first-order chi connectivity index (χ1) is 13.5. The second-order valence-corrected chi connectivity index (χ2v) is 7.74. The SMILES string of the molecule is C=CCOc1ccccc1/C=C1\SC(=O)N(CC(=O)c2ccc(Br)cc2)C1=O. The molecule has 0 unspecified atom stereocenters. The number of ketones is 1. The summed E-state index contributed by atoms with van der Waals surface area (Å²) in [6, 6.07) is 14.0. The number of hydrogen-bond acceptors (Lipinski definition) is 5. The van der Waals surface area contributed by atoms with E-state index >= 15 is 0 Å². The molecule has 1 aliphatic rings. The van der Waals surface area contributed by atoms with Crippen LogP contribution >= 0.6 is 27.7 Å². The number of para-hydroxylation sites is 1. The predicted octanol–water partition coefficient (Wildman–Crippen LogP) is 4.93. The van der Waals surface area contributed by atoms with Crippen molar-refractivity contribution in [2.75, 3.05) is 13.2 Å². The zero-order chi connectivity index (χ0) is 20.1. The average molecular weight is 458 g/mol. The van der Waals surface area contributed by atoms with Gasteiger partial charge in [0.05, 0.1) is 11.4 Å². The Morgan fingerprint density at radius 1 is 1.14 bits per heavy atom. The fraction of sp³-hybridized carbons (Fsp3) is 0.0952. The van der Waals surface area contributed by atoms with E-state index in [1.807, 2.05) is 12.1 Å². The number of benzene rings is 2. The minimum Gasteiger partial charge on any atom is -0.489 e. The van der Waals surface area contributed by atoms with Gasteiger partial charge in [0.25, 0.3) is 11.1 Å². The Morgan fingerprint density at radius 2 is 1.86 bits per heavy atom. The highest BCUT2D eigenvalue weighted by molar-refractivity contribution is 9.10. The van der Waals surface area contributed by atoms with E-state index in [1.54, 1.807) is 48.6 Å². The number of Topliss-reactive ketones (excluding diaryl/α,β-unsaturated/α-hetero) is 1. The van der Waals surface area contributed by atoms with E-state index in [1.165, 1.54) is 0 Å². The molecule has 3 rings (SSSR count). The first-order valence-corrected chi connectivity index (χ1v) is 9.97. The van der Waals surface area contributed by atoms with Gasteiger partial charge in [0.1, 0.15) is 12.4 Å². The summed E-state index contributed by atoms with van der Waals surface area (Å²) in [5.74, 6) is -0.204. The van der Waals surface area contributed by atoms with Crippen LogP contribution in [0.2, 0.25) is 0 Å². The summed E-state index contributed by atoms with van der Waals surface area (Å²) in [5, 5.41) is -0.466. The number of imide groups is 1. The molecule has 1 aliphatic heterocycles. The molecule has 28 heavy (non-hydrogen) atoms. The van der Waals surface area contributed by atoms with Gasteiger partial charge in [0.2, 0.25) is 0 Å². The smallest absolute Gasteiger partial charge is 0.293 e. The molecule has 1 fully saturated rings. The quantitative estimate of drug-likeness (QED) is 0.335. The molecule has 5 nitrogen and oxygen atoms in total. The molecule has 2 amide bonds. The number of hydrogen-bond donors (Lipinski definition) is 0. The van der Waals surface area contributed by atoms with Crippen LogP contribution in [0.5, 0.6) is 5.75 Å². The van der Waals surface area contributed by atoms with Crippen LogP contribution in [0.4, 0.5) is 4.79 Å². The highest BCUT2D eigenvalue weighted by Crippen LogP contribution is 2.34. The molecule has 1 saturated heterocycles. The van der Waals surface area contributed by atoms with Crippen LogP contribution in [-0.2, 0) is 4.79 Å². The van der Waals surface area contributed by atoms with Crippen LogP contribution in [-0.4, -0.2) is 35.0 Å². The molecule has 2 aromatic rings. The number of carbonyl (C=O) groups is 3. The van der Waals surface area contributed by atoms with Crippen LogP contribution in [0.1, 0.15) is 15.9 Å². The molecule has 0 radical (unpaired) electrons. The van der Waals surface area contributed by atoms with E-state index in [0.29, 0.717) is 23.5 Å².